The predicted molar refractivity (Wildman–Crippen MR) is 103 cm³/mol. The van der Waals surface area contributed by atoms with Crippen LogP contribution in [0.15, 0.2) is 36.4 Å². The Morgan fingerprint density at radius 1 is 1.04 bits per heavy atom. The Hall–Kier alpha value is -2.55. The topological polar surface area (TPSA) is 42.2 Å². The van der Waals surface area contributed by atoms with Gasteiger partial charge in [0.05, 0.1) is 0 Å². The average molecular weight is 335 g/mol. The van der Waals surface area contributed by atoms with Gasteiger partial charge < -0.3 is 9.67 Å². The molecular weight excluding hydrogens is 310 g/mol. The number of rotatable bonds is 5. The van der Waals surface area contributed by atoms with Crippen molar-refractivity contribution in [1.29, 1.82) is 0 Å². The van der Waals surface area contributed by atoms with Gasteiger partial charge >= 0.3 is 5.97 Å². The van der Waals surface area contributed by atoms with Gasteiger partial charge in [0.15, 0.2) is 0 Å². The quantitative estimate of drug-likeness (QED) is 0.690. The lowest BCUT2D eigenvalue weighted by Crippen LogP contribution is -2.11. The van der Waals surface area contributed by atoms with E-state index in [9.17, 15) is 9.90 Å². The highest BCUT2D eigenvalue weighted by molar-refractivity contribution is 5.95. The minimum Gasteiger partial charge on any atom is -0.477 e. The maximum absolute atomic E-state index is 11.8. The fourth-order valence-corrected chi connectivity index (χ4v) is 3.73. The Balaban J connectivity index is 2.14. The lowest BCUT2D eigenvalue weighted by molar-refractivity contribution is 0.0686. The van der Waals surface area contributed by atoms with Gasteiger partial charge in [0.25, 0.3) is 0 Å². The third-order valence-electron chi connectivity index (χ3n) is 4.88. The Morgan fingerprint density at radius 3 is 2.32 bits per heavy atom. The van der Waals surface area contributed by atoms with Gasteiger partial charge in [-0.25, -0.2) is 4.79 Å². The van der Waals surface area contributed by atoms with Crippen LogP contribution in [0.1, 0.15) is 51.7 Å². The first-order chi connectivity index (χ1) is 11.9. The molecule has 0 spiro atoms. The minimum absolute atomic E-state index is 0.350. The number of aryl methyl sites for hydroxylation is 4. The van der Waals surface area contributed by atoms with Crippen LogP contribution in [-0.2, 0) is 13.0 Å². The summed E-state index contributed by atoms with van der Waals surface area (Å²) in [6.45, 7) is 9.02. The molecule has 1 N–H and O–H groups in total. The zero-order chi connectivity index (χ0) is 18.1. The maximum atomic E-state index is 11.8. The van der Waals surface area contributed by atoms with Crippen LogP contribution in [0.2, 0.25) is 0 Å². The number of aromatic nitrogens is 1. The molecule has 0 aliphatic carbocycles. The van der Waals surface area contributed by atoms with E-state index >= 15 is 0 Å². The van der Waals surface area contributed by atoms with Crippen molar-refractivity contribution in [3.8, 4) is 0 Å². The third kappa shape index (κ3) is 3.32. The Labute approximate surface area is 148 Å². The summed E-state index contributed by atoms with van der Waals surface area (Å²) in [5.74, 6) is -0.879. The number of fused-ring (bicyclic) bond motifs is 1. The van der Waals surface area contributed by atoms with Crippen LogP contribution in [0.3, 0.4) is 0 Å². The molecule has 0 aliphatic rings. The molecule has 0 amide bonds. The minimum atomic E-state index is -0.879. The first-order valence-corrected chi connectivity index (χ1v) is 8.83. The lowest BCUT2D eigenvalue weighted by Gasteiger charge is -2.15. The van der Waals surface area contributed by atoms with E-state index in [1.165, 1.54) is 27.8 Å². The number of nitrogens with zero attached hydrogens (tertiary/aromatic N) is 1. The molecule has 0 saturated heterocycles. The van der Waals surface area contributed by atoms with Crippen LogP contribution in [0.4, 0.5) is 0 Å². The van der Waals surface area contributed by atoms with E-state index in [2.05, 4.69) is 58.0 Å². The van der Waals surface area contributed by atoms with Crippen molar-refractivity contribution in [2.24, 2.45) is 0 Å². The summed E-state index contributed by atoms with van der Waals surface area (Å²) >= 11 is 0. The van der Waals surface area contributed by atoms with Crippen molar-refractivity contribution < 1.29 is 9.90 Å². The van der Waals surface area contributed by atoms with Gasteiger partial charge in [-0.3, -0.25) is 0 Å². The van der Waals surface area contributed by atoms with E-state index in [1.807, 2.05) is 4.57 Å². The second-order valence-corrected chi connectivity index (χ2v) is 6.94. The zero-order valence-corrected chi connectivity index (χ0v) is 15.4. The van der Waals surface area contributed by atoms with Crippen molar-refractivity contribution in [2.45, 2.75) is 47.1 Å². The number of carboxylic acid groups (broad SMARTS) is 1. The standard InChI is InChI=1S/C22H25NO2/c1-5-6-17-7-8-20-18(11-17)12-21(22(24)25)23(20)13-19-15(3)9-14(2)10-16(19)4/h7-12H,5-6,13H2,1-4H3,(H,24,25). The first kappa shape index (κ1) is 17.3. The third-order valence-corrected chi connectivity index (χ3v) is 4.88. The van der Waals surface area contributed by atoms with E-state index in [1.54, 1.807) is 6.07 Å². The second kappa shape index (κ2) is 6.75. The van der Waals surface area contributed by atoms with Gasteiger partial charge in [-0.1, -0.05) is 37.1 Å². The maximum Gasteiger partial charge on any atom is 0.352 e. The van der Waals surface area contributed by atoms with Gasteiger partial charge in [-0.15, -0.1) is 0 Å². The van der Waals surface area contributed by atoms with E-state index < -0.39 is 5.97 Å². The van der Waals surface area contributed by atoms with E-state index in [0.29, 0.717) is 12.2 Å². The summed E-state index contributed by atoms with van der Waals surface area (Å²) in [5.41, 5.74) is 7.44. The van der Waals surface area contributed by atoms with Crippen LogP contribution in [0, 0.1) is 20.8 Å². The Kier molecular flexibility index (Phi) is 4.67. The van der Waals surface area contributed by atoms with Crippen molar-refractivity contribution in [3.63, 3.8) is 0 Å². The molecule has 0 bridgehead atoms. The Bertz CT molecular complexity index is 927. The lowest BCUT2D eigenvalue weighted by atomic mass is 9.99. The number of benzene rings is 2. The van der Waals surface area contributed by atoms with Crippen molar-refractivity contribution >= 4 is 16.9 Å². The molecule has 1 aromatic heterocycles. The predicted octanol–water partition coefficient (Wildman–Crippen LogP) is 5.27. The summed E-state index contributed by atoms with van der Waals surface area (Å²) in [6.07, 6.45) is 2.10. The summed E-state index contributed by atoms with van der Waals surface area (Å²) in [4.78, 5) is 11.8. The highest BCUT2D eigenvalue weighted by atomic mass is 16.4. The van der Waals surface area contributed by atoms with Crippen LogP contribution in [-0.4, -0.2) is 15.6 Å². The molecule has 0 unspecified atom stereocenters. The summed E-state index contributed by atoms with van der Waals surface area (Å²) in [6, 6.07) is 12.4. The molecule has 0 saturated carbocycles. The van der Waals surface area contributed by atoms with Crippen molar-refractivity contribution in [2.75, 3.05) is 0 Å². The number of hydrogen-bond acceptors (Lipinski definition) is 1. The van der Waals surface area contributed by atoms with E-state index in [4.69, 9.17) is 0 Å². The van der Waals surface area contributed by atoms with E-state index in [-0.39, 0.29) is 0 Å². The molecular formula is C22H25NO2. The summed E-state index contributed by atoms with van der Waals surface area (Å²) in [7, 11) is 0. The molecule has 130 valence electrons. The van der Waals surface area contributed by atoms with Gasteiger partial charge in [0.1, 0.15) is 5.69 Å². The smallest absolute Gasteiger partial charge is 0.352 e. The zero-order valence-electron chi connectivity index (χ0n) is 15.4. The molecule has 2 aromatic carbocycles. The van der Waals surface area contributed by atoms with Crippen LogP contribution >= 0.6 is 0 Å². The largest absolute Gasteiger partial charge is 0.477 e. The Morgan fingerprint density at radius 2 is 1.72 bits per heavy atom. The fourth-order valence-electron chi connectivity index (χ4n) is 3.73. The van der Waals surface area contributed by atoms with E-state index in [0.717, 1.165) is 23.7 Å². The fraction of sp³-hybridized carbons (Fsp3) is 0.318. The molecule has 0 radical (unpaired) electrons. The monoisotopic (exact) mass is 335 g/mol. The highest BCUT2D eigenvalue weighted by Gasteiger charge is 2.16. The molecule has 1 heterocycles. The number of carboxylic acids is 1. The van der Waals surface area contributed by atoms with Crippen molar-refractivity contribution in [3.05, 3.63) is 69.9 Å². The second-order valence-electron chi connectivity index (χ2n) is 6.94. The summed E-state index contributed by atoms with van der Waals surface area (Å²) < 4.78 is 1.93. The highest BCUT2D eigenvalue weighted by Crippen LogP contribution is 2.26. The van der Waals surface area contributed by atoms with Gasteiger partial charge in [-0.2, -0.15) is 0 Å². The molecule has 3 aromatic rings. The SMILES string of the molecule is CCCc1ccc2c(c1)cc(C(=O)O)n2Cc1c(C)cc(C)cc1C. The van der Waals surface area contributed by atoms with Crippen molar-refractivity contribution in [1.82, 2.24) is 4.57 Å². The number of aromatic carboxylic acids is 1. The average Bonchev–Trinajstić information content (AvgIpc) is 2.89. The number of carbonyl (C=O) groups is 1. The normalized spacial score (nSPS) is 11.2. The van der Waals surface area contributed by atoms with Gasteiger partial charge in [-0.05, 0) is 67.6 Å². The van der Waals surface area contributed by atoms with Gasteiger partial charge in [0, 0.05) is 17.4 Å². The molecule has 0 aliphatic heterocycles. The first-order valence-electron chi connectivity index (χ1n) is 8.83. The van der Waals surface area contributed by atoms with Crippen LogP contribution < -0.4 is 0 Å². The molecule has 0 atom stereocenters. The summed E-state index contributed by atoms with van der Waals surface area (Å²) in [5, 5.41) is 10.7. The van der Waals surface area contributed by atoms with Crippen LogP contribution in [0.25, 0.3) is 10.9 Å². The number of hydrogen-bond donors (Lipinski definition) is 1. The molecule has 0 fully saturated rings. The van der Waals surface area contributed by atoms with Crippen LogP contribution in [0.5, 0.6) is 0 Å². The molecule has 3 heteroatoms. The van der Waals surface area contributed by atoms with Gasteiger partial charge in [0.2, 0.25) is 0 Å². The molecule has 3 nitrogen and oxygen atoms in total. The molecule has 3 rings (SSSR count). The molecule has 25 heavy (non-hydrogen) atoms.